The Hall–Kier alpha value is -1.45. The molecule has 0 bridgehead atoms. The maximum absolute atomic E-state index is 10.8. The molecule has 1 unspecified atom stereocenters. The van der Waals surface area contributed by atoms with Crippen molar-refractivity contribution in [2.45, 2.75) is 12.8 Å². The Bertz CT molecular complexity index is 264. The van der Waals surface area contributed by atoms with Crippen LogP contribution in [-0.2, 0) is 14.4 Å². The lowest BCUT2D eigenvalue weighted by Gasteiger charge is -2.01. The number of hydrogen-bond acceptors (Lipinski definition) is 3. The lowest BCUT2D eigenvalue weighted by atomic mass is 10.0. The average Bonchev–Trinajstić information content (AvgIpc) is 2.16. The minimum absolute atomic E-state index is 0.0306. The molecule has 0 fully saturated rings. The summed E-state index contributed by atoms with van der Waals surface area (Å²) in [5, 5.41) is 8.56. The number of allylic oxidation sites excluding steroid dienone is 1. The minimum Gasteiger partial charge on any atom is -0.481 e. The van der Waals surface area contributed by atoms with Crippen LogP contribution in [0.2, 0.25) is 0 Å². The molecular formula is C8H8O4. The molecule has 1 aliphatic carbocycles. The van der Waals surface area contributed by atoms with E-state index in [0.29, 0.717) is 0 Å². The summed E-state index contributed by atoms with van der Waals surface area (Å²) in [6, 6.07) is 0. The predicted molar refractivity (Wildman–Crippen MR) is 39.5 cm³/mol. The van der Waals surface area contributed by atoms with Gasteiger partial charge in [-0.05, 0) is 12.5 Å². The third-order valence-electron chi connectivity index (χ3n) is 1.75. The maximum Gasteiger partial charge on any atom is 0.310 e. The number of aliphatic carboxylic acids is 1. The van der Waals surface area contributed by atoms with Crippen molar-refractivity contribution in [3.8, 4) is 0 Å². The van der Waals surface area contributed by atoms with Crippen LogP contribution in [0.5, 0.6) is 0 Å². The summed E-state index contributed by atoms with van der Waals surface area (Å²) < 4.78 is 0. The van der Waals surface area contributed by atoms with Gasteiger partial charge in [0.05, 0.1) is 5.92 Å². The van der Waals surface area contributed by atoms with Crippen molar-refractivity contribution in [1.29, 1.82) is 0 Å². The fourth-order valence-electron chi connectivity index (χ4n) is 1.01. The monoisotopic (exact) mass is 168 g/mol. The van der Waals surface area contributed by atoms with Gasteiger partial charge in [0.25, 0.3) is 0 Å². The number of ketones is 2. The SMILES string of the molecule is O=C1C=CC(C(=O)O)CCC1=O. The molecule has 12 heavy (non-hydrogen) atoms. The Morgan fingerprint density at radius 1 is 1.50 bits per heavy atom. The van der Waals surface area contributed by atoms with Crippen LogP contribution >= 0.6 is 0 Å². The Morgan fingerprint density at radius 3 is 2.75 bits per heavy atom. The topological polar surface area (TPSA) is 71.4 Å². The number of carbonyl (C=O) groups excluding carboxylic acids is 2. The smallest absolute Gasteiger partial charge is 0.310 e. The van der Waals surface area contributed by atoms with E-state index in [-0.39, 0.29) is 12.8 Å². The molecule has 1 aliphatic rings. The van der Waals surface area contributed by atoms with Gasteiger partial charge in [0.2, 0.25) is 11.6 Å². The van der Waals surface area contributed by atoms with Crippen molar-refractivity contribution < 1.29 is 19.5 Å². The summed E-state index contributed by atoms with van der Waals surface area (Å²) in [5.41, 5.74) is 0. The number of carboxylic acids is 1. The van der Waals surface area contributed by atoms with Crippen molar-refractivity contribution in [1.82, 2.24) is 0 Å². The average molecular weight is 168 g/mol. The zero-order chi connectivity index (χ0) is 9.14. The minimum atomic E-state index is -0.992. The van der Waals surface area contributed by atoms with Crippen LogP contribution in [-0.4, -0.2) is 22.6 Å². The first-order valence-corrected chi connectivity index (χ1v) is 3.59. The molecule has 0 amide bonds. The number of Topliss-reactive ketones (excluding diaryl/α,β-unsaturated/α-hetero) is 1. The first-order chi connectivity index (χ1) is 5.61. The molecule has 4 heteroatoms. The second kappa shape index (κ2) is 3.30. The van der Waals surface area contributed by atoms with E-state index in [2.05, 4.69) is 0 Å². The molecule has 0 saturated heterocycles. The first-order valence-electron chi connectivity index (χ1n) is 3.59. The molecule has 0 aliphatic heterocycles. The zero-order valence-electron chi connectivity index (χ0n) is 6.32. The van der Waals surface area contributed by atoms with E-state index in [1.165, 1.54) is 6.08 Å². The van der Waals surface area contributed by atoms with Gasteiger partial charge in [-0.25, -0.2) is 0 Å². The van der Waals surface area contributed by atoms with E-state index >= 15 is 0 Å². The van der Waals surface area contributed by atoms with E-state index in [9.17, 15) is 14.4 Å². The second-order valence-electron chi connectivity index (χ2n) is 2.63. The highest BCUT2D eigenvalue weighted by Crippen LogP contribution is 2.13. The molecular weight excluding hydrogens is 160 g/mol. The number of carbonyl (C=O) groups is 3. The lowest BCUT2D eigenvalue weighted by Crippen LogP contribution is -2.11. The molecule has 0 aromatic heterocycles. The predicted octanol–water partition coefficient (Wildman–Crippen LogP) is 0.175. The molecule has 0 heterocycles. The highest BCUT2D eigenvalue weighted by atomic mass is 16.4. The summed E-state index contributed by atoms with van der Waals surface area (Å²) in [7, 11) is 0. The second-order valence-corrected chi connectivity index (χ2v) is 2.63. The third kappa shape index (κ3) is 1.78. The number of rotatable bonds is 1. The van der Waals surface area contributed by atoms with Crippen LogP contribution in [0.15, 0.2) is 12.2 Å². The quantitative estimate of drug-likeness (QED) is 0.567. The van der Waals surface area contributed by atoms with Gasteiger partial charge in [-0.15, -0.1) is 0 Å². The van der Waals surface area contributed by atoms with Gasteiger partial charge in [0.15, 0.2) is 0 Å². The van der Waals surface area contributed by atoms with Crippen LogP contribution in [0.3, 0.4) is 0 Å². The van der Waals surface area contributed by atoms with Gasteiger partial charge in [0.1, 0.15) is 0 Å². The third-order valence-corrected chi connectivity index (χ3v) is 1.75. The van der Waals surface area contributed by atoms with Crippen LogP contribution in [0, 0.1) is 5.92 Å². The molecule has 4 nitrogen and oxygen atoms in total. The van der Waals surface area contributed by atoms with Gasteiger partial charge < -0.3 is 5.11 Å². The van der Waals surface area contributed by atoms with Crippen LogP contribution in [0.4, 0.5) is 0 Å². The number of carboxylic acid groups (broad SMARTS) is 1. The Morgan fingerprint density at radius 2 is 2.17 bits per heavy atom. The van der Waals surface area contributed by atoms with E-state index in [1.807, 2.05) is 0 Å². The molecule has 1 rings (SSSR count). The van der Waals surface area contributed by atoms with Crippen molar-refractivity contribution in [3.63, 3.8) is 0 Å². The van der Waals surface area contributed by atoms with Crippen molar-refractivity contribution in [2.75, 3.05) is 0 Å². The van der Waals surface area contributed by atoms with Crippen LogP contribution in [0.25, 0.3) is 0 Å². The van der Waals surface area contributed by atoms with Crippen LogP contribution in [0.1, 0.15) is 12.8 Å². The van der Waals surface area contributed by atoms with E-state index in [1.54, 1.807) is 0 Å². The highest BCUT2D eigenvalue weighted by Gasteiger charge is 2.22. The van der Waals surface area contributed by atoms with Crippen molar-refractivity contribution in [2.24, 2.45) is 5.92 Å². The van der Waals surface area contributed by atoms with Crippen molar-refractivity contribution in [3.05, 3.63) is 12.2 Å². The molecule has 64 valence electrons. The highest BCUT2D eigenvalue weighted by molar-refractivity contribution is 6.41. The van der Waals surface area contributed by atoms with Gasteiger partial charge >= 0.3 is 5.97 Å². The van der Waals surface area contributed by atoms with Gasteiger partial charge in [0, 0.05) is 6.42 Å². The molecule has 1 N–H and O–H groups in total. The van der Waals surface area contributed by atoms with Crippen molar-refractivity contribution >= 4 is 17.5 Å². The summed E-state index contributed by atoms with van der Waals surface area (Å²) in [6.07, 6.45) is 2.57. The Kier molecular flexibility index (Phi) is 2.38. The number of hydrogen-bond donors (Lipinski definition) is 1. The summed E-state index contributed by atoms with van der Waals surface area (Å²) in [6.45, 7) is 0. The molecule has 0 aromatic rings. The van der Waals surface area contributed by atoms with E-state index in [4.69, 9.17) is 5.11 Å². The maximum atomic E-state index is 10.8. The fourth-order valence-corrected chi connectivity index (χ4v) is 1.01. The summed E-state index contributed by atoms with van der Waals surface area (Å²) in [5.74, 6) is -2.79. The van der Waals surface area contributed by atoms with E-state index < -0.39 is 23.5 Å². The Labute approximate surface area is 68.9 Å². The first kappa shape index (κ1) is 8.64. The molecule has 0 spiro atoms. The largest absolute Gasteiger partial charge is 0.481 e. The summed E-state index contributed by atoms with van der Waals surface area (Å²) >= 11 is 0. The molecule has 0 saturated carbocycles. The van der Waals surface area contributed by atoms with Gasteiger partial charge in [-0.3, -0.25) is 14.4 Å². The lowest BCUT2D eigenvalue weighted by molar-refractivity contribution is -0.140. The Balaban J connectivity index is 2.76. The van der Waals surface area contributed by atoms with Gasteiger partial charge in [-0.1, -0.05) is 6.08 Å². The standard InChI is InChI=1S/C8H8O4/c9-6-3-1-5(8(11)12)2-4-7(6)10/h1,3,5H,2,4H2,(H,11,12). The van der Waals surface area contributed by atoms with Crippen LogP contribution < -0.4 is 0 Å². The summed E-state index contributed by atoms with van der Waals surface area (Å²) in [4.78, 5) is 32.0. The van der Waals surface area contributed by atoms with Gasteiger partial charge in [-0.2, -0.15) is 0 Å². The zero-order valence-corrected chi connectivity index (χ0v) is 6.32. The van der Waals surface area contributed by atoms with E-state index in [0.717, 1.165) is 6.08 Å². The molecule has 0 aromatic carbocycles. The molecule has 0 radical (unpaired) electrons. The molecule has 1 atom stereocenters. The normalized spacial score (nSPS) is 23.8. The fraction of sp³-hybridized carbons (Fsp3) is 0.375.